The molecule has 134 valence electrons. The minimum Gasteiger partial charge on any atom is -0.493 e. The quantitative estimate of drug-likeness (QED) is 0.785. The zero-order chi connectivity index (χ0) is 18.2. The van der Waals surface area contributed by atoms with Crippen LogP contribution in [0, 0.1) is 12.8 Å². The van der Waals surface area contributed by atoms with Crippen LogP contribution in [-0.2, 0) is 4.79 Å². The highest BCUT2D eigenvalue weighted by atomic mass is 16.5. The van der Waals surface area contributed by atoms with E-state index in [-0.39, 0.29) is 12.5 Å². The molecule has 5 nitrogen and oxygen atoms in total. The second kappa shape index (κ2) is 8.97. The summed E-state index contributed by atoms with van der Waals surface area (Å²) in [4.78, 5) is 12.1. The minimum absolute atomic E-state index is 0.101. The number of benzene rings is 2. The highest BCUT2D eigenvalue weighted by Crippen LogP contribution is 2.27. The van der Waals surface area contributed by atoms with Gasteiger partial charge in [0.05, 0.1) is 13.7 Å². The standard InChI is InChI=1S/C20H25NO4/c1-14(2)12-24-17-7-5-6-16(11-17)21-20(22)13-25-18-9-8-15(3)10-19(18)23-4/h5-11,14H,12-13H2,1-4H3,(H,21,22). The van der Waals surface area contributed by atoms with Gasteiger partial charge >= 0.3 is 0 Å². The van der Waals surface area contributed by atoms with Crippen molar-refractivity contribution in [1.29, 1.82) is 0 Å². The Bertz CT molecular complexity index is 713. The second-order valence-electron chi connectivity index (χ2n) is 6.22. The van der Waals surface area contributed by atoms with Crippen molar-refractivity contribution in [3.63, 3.8) is 0 Å². The lowest BCUT2D eigenvalue weighted by Gasteiger charge is -2.12. The van der Waals surface area contributed by atoms with E-state index >= 15 is 0 Å². The van der Waals surface area contributed by atoms with Crippen molar-refractivity contribution < 1.29 is 19.0 Å². The normalized spacial score (nSPS) is 10.4. The summed E-state index contributed by atoms with van der Waals surface area (Å²) in [5, 5.41) is 2.80. The van der Waals surface area contributed by atoms with Crippen LogP contribution in [-0.4, -0.2) is 26.2 Å². The van der Waals surface area contributed by atoms with Gasteiger partial charge in [0.15, 0.2) is 18.1 Å². The summed E-state index contributed by atoms with van der Waals surface area (Å²) in [6.45, 7) is 6.67. The number of hydrogen-bond donors (Lipinski definition) is 1. The Kier molecular flexibility index (Phi) is 6.69. The Morgan fingerprint density at radius 3 is 2.60 bits per heavy atom. The first-order valence-corrected chi connectivity index (χ1v) is 8.28. The number of nitrogens with one attached hydrogen (secondary N) is 1. The molecule has 0 atom stereocenters. The van der Waals surface area contributed by atoms with Gasteiger partial charge in [-0.3, -0.25) is 4.79 Å². The van der Waals surface area contributed by atoms with Crippen molar-refractivity contribution in [2.24, 2.45) is 5.92 Å². The number of ether oxygens (including phenoxy) is 3. The van der Waals surface area contributed by atoms with Crippen LogP contribution >= 0.6 is 0 Å². The van der Waals surface area contributed by atoms with Crippen LogP contribution in [0.4, 0.5) is 5.69 Å². The molecule has 0 fully saturated rings. The van der Waals surface area contributed by atoms with E-state index in [0.717, 1.165) is 11.3 Å². The van der Waals surface area contributed by atoms with Crippen LogP contribution in [0.5, 0.6) is 17.2 Å². The molecule has 1 amide bonds. The third-order valence-electron chi connectivity index (χ3n) is 3.38. The van der Waals surface area contributed by atoms with Crippen molar-refractivity contribution >= 4 is 11.6 Å². The number of carbonyl (C=O) groups excluding carboxylic acids is 1. The first-order chi connectivity index (χ1) is 12.0. The molecule has 25 heavy (non-hydrogen) atoms. The molecule has 0 aliphatic heterocycles. The maximum Gasteiger partial charge on any atom is 0.262 e. The van der Waals surface area contributed by atoms with E-state index in [0.29, 0.717) is 29.7 Å². The van der Waals surface area contributed by atoms with Crippen molar-refractivity contribution in [2.45, 2.75) is 20.8 Å². The summed E-state index contributed by atoms with van der Waals surface area (Å²) in [5.41, 5.74) is 1.73. The topological polar surface area (TPSA) is 56.8 Å². The third-order valence-corrected chi connectivity index (χ3v) is 3.38. The molecule has 0 unspecified atom stereocenters. The van der Waals surface area contributed by atoms with Crippen molar-refractivity contribution in [2.75, 3.05) is 25.6 Å². The summed E-state index contributed by atoms with van der Waals surface area (Å²) >= 11 is 0. The molecule has 0 spiro atoms. The lowest BCUT2D eigenvalue weighted by Crippen LogP contribution is -2.20. The zero-order valence-electron chi connectivity index (χ0n) is 15.2. The number of rotatable bonds is 8. The molecule has 0 aliphatic rings. The van der Waals surface area contributed by atoms with Crippen LogP contribution in [0.1, 0.15) is 19.4 Å². The van der Waals surface area contributed by atoms with Gasteiger partial charge in [-0.05, 0) is 42.7 Å². The molecular formula is C20H25NO4. The molecule has 0 aliphatic carbocycles. The predicted octanol–water partition coefficient (Wildman–Crippen LogP) is 4.06. The SMILES string of the molecule is COc1cc(C)ccc1OCC(=O)Nc1cccc(OCC(C)C)c1. The van der Waals surface area contributed by atoms with Gasteiger partial charge in [-0.15, -0.1) is 0 Å². The zero-order valence-corrected chi connectivity index (χ0v) is 15.2. The van der Waals surface area contributed by atoms with E-state index in [4.69, 9.17) is 14.2 Å². The smallest absolute Gasteiger partial charge is 0.262 e. The summed E-state index contributed by atoms with van der Waals surface area (Å²) < 4.78 is 16.5. The van der Waals surface area contributed by atoms with E-state index in [2.05, 4.69) is 19.2 Å². The highest BCUT2D eigenvalue weighted by Gasteiger charge is 2.09. The van der Waals surface area contributed by atoms with E-state index in [1.54, 1.807) is 19.2 Å². The van der Waals surface area contributed by atoms with Crippen LogP contribution in [0.25, 0.3) is 0 Å². The molecule has 2 rings (SSSR count). The number of amides is 1. The number of methoxy groups -OCH3 is 1. The van der Waals surface area contributed by atoms with E-state index < -0.39 is 0 Å². The first kappa shape index (κ1) is 18.6. The van der Waals surface area contributed by atoms with Gasteiger partial charge in [0.2, 0.25) is 0 Å². The molecule has 2 aromatic rings. The predicted molar refractivity (Wildman–Crippen MR) is 98.6 cm³/mol. The number of anilines is 1. The molecule has 5 heteroatoms. The molecular weight excluding hydrogens is 318 g/mol. The van der Waals surface area contributed by atoms with Crippen molar-refractivity contribution in [1.82, 2.24) is 0 Å². The summed E-state index contributed by atoms with van der Waals surface area (Å²) in [6, 6.07) is 12.9. The van der Waals surface area contributed by atoms with Crippen LogP contribution < -0.4 is 19.5 Å². The van der Waals surface area contributed by atoms with E-state index in [1.165, 1.54) is 0 Å². The van der Waals surface area contributed by atoms with Gasteiger partial charge in [-0.25, -0.2) is 0 Å². The third kappa shape index (κ3) is 6.03. The Morgan fingerprint density at radius 2 is 1.88 bits per heavy atom. The number of carbonyl (C=O) groups is 1. The van der Waals surface area contributed by atoms with Gasteiger partial charge < -0.3 is 19.5 Å². The summed E-state index contributed by atoms with van der Waals surface area (Å²) in [5.74, 6) is 2.07. The largest absolute Gasteiger partial charge is 0.493 e. The molecule has 0 aromatic heterocycles. The molecule has 2 aromatic carbocycles. The van der Waals surface area contributed by atoms with Crippen molar-refractivity contribution in [3.8, 4) is 17.2 Å². The van der Waals surface area contributed by atoms with Gasteiger partial charge in [0, 0.05) is 11.8 Å². The Balaban J connectivity index is 1.91. The van der Waals surface area contributed by atoms with Gasteiger partial charge in [0.25, 0.3) is 5.91 Å². The fourth-order valence-electron chi connectivity index (χ4n) is 2.16. The van der Waals surface area contributed by atoms with E-state index in [9.17, 15) is 4.79 Å². The Hall–Kier alpha value is -2.69. The van der Waals surface area contributed by atoms with Crippen molar-refractivity contribution in [3.05, 3.63) is 48.0 Å². The lowest BCUT2D eigenvalue weighted by molar-refractivity contribution is -0.118. The molecule has 0 radical (unpaired) electrons. The first-order valence-electron chi connectivity index (χ1n) is 8.28. The second-order valence-corrected chi connectivity index (χ2v) is 6.22. The van der Waals surface area contributed by atoms with E-state index in [1.807, 2.05) is 37.3 Å². The highest BCUT2D eigenvalue weighted by molar-refractivity contribution is 5.92. The molecule has 0 heterocycles. The molecule has 1 N–H and O–H groups in total. The Labute approximate surface area is 148 Å². The summed E-state index contributed by atoms with van der Waals surface area (Å²) in [6.07, 6.45) is 0. The fourth-order valence-corrected chi connectivity index (χ4v) is 2.16. The number of hydrogen-bond acceptors (Lipinski definition) is 4. The Morgan fingerprint density at radius 1 is 1.08 bits per heavy atom. The lowest BCUT2D eigenvalue weighted by atomic mass is 10.2. The molecule has 0 saturated carbocycles. The summed E-state index contributed by atoms with van der Waals surface area (Å²) in [7, 11) is 1.57. The monoisotopic (exact) mass is 343 g/mol. The molecule has 0 bridgehead atoms. The molecule has 0 saturated heterocycles. The van der Waals surface area contributed by atoms with Gasteiger partial charge in [-0.1, -0.05) is 26.0 Å². The van der Waals surface area contributed by atoms with Crippen LogP contribution in [0.2, 0.25) is 0 Å². The minimum atomic E-state index is -0.247. The maximum atomic E-state index is 12.1. The average Bonchev–Trinajstić information content (AvgIpc) is 2.59. The average molecular weight is 343 g/mol. The van der Waals surface area contributed by atoms with Gasteiger partial charge in [-0.2, -0.15) is 0 Å². The van der Waals surface area contributed by atoms with Crippen LogP contribution in [0.15, 0.2) is 42.5 Å². The van der Waals surface area contributed by atoms with Gasteiger partial charge in [0.1, 0.15) is 5.75 Å². The maximum absolute atomic E-state index is 12.1. The number of aryl methyl sites for hydroxylation is 1. The fraction of sp³-hybridized carbons (Fsp3) is 0.350. The van der Waals surface area contributed by atoms with Crippen LogP contribution in [0.3, 0.4) is 0 Å².